The molecule has 1 amide bonds. The second kappa shape index (κ2) is 7.40. The van der Waals surface area contributed by atoms with E-state index in [1.165, 1.54) is 11.1 Å². The number of hydrogen-bond acceptors (Lipinski definition) is 5. The molecule has 7 heteroatoms. The van der Waals surface area contributed by atoms with E-state index in [1.807, 2.05) is 27.0 Å². The summed E-state index contributed by atoms with van der Waals surface area (Å²) in [6.07, 6.45) is 3.36. The standard InChI is InChI=1S/C20H25N5OS/c1-13-19(14(2)24(3)23-13)22-18(26)12-25-11-7-6-9-16(25)20-21-15-8-4-5-10-17(15)27-20/h4-5,8,10,16H,6-7,9,11-12H2,1-3H3,(H,22,26). The van der Waals surface area contributed by atoms with Crippen LogP contribution in [0, 0.1) is 13.8 Å². The van der Waals surface area contributed by atoms with Crippen LogP contribution in [-0.4, -0.2) is 38.7 Å². The lowest BCUT2D eigenvalue weighted by Crippen LogP contribution is -2.39. The van der Waals surface area contributed by atoms with Crippen molar-refractivity contribution < 1.29 is 4.79 Å². The van der Waals surface area contributed by atoms with E-state index >= 15 is 0 Å². The lowest BCUT2D eigenvalue weighted by atomic mass is 10.0. The predicted octanol–water partition coefficient (Wildman–Crippen LogP) is 3.81. The number of carbonyl (C=O) groups is 1. The molecule has 0 spiro atoms. The second-order valence-electron chi connectivity index (χ2n) is 7.22. The van der Waals surface area contributed by atoms with Crippen LogP contribution in [0.15, 0.2) is 24.3 Å². The summed E-state index contributed by atoms with van der Waals surface area (Å²) in [5, 5.41) is 8.56. The van der Waals surface area contributed by atoms with Gasteiger partial charge in [0, 0.05) is 7.05 Å². The van der Waals surface area contributed by atoms with E-state index in [2.05, 4.69) is 33.5 Å². The Morgan fingerprint density at radius 3 is 2.85 bits per heavy atom. The molecule has 1 fully saturated rings. The normalized spacial score (nSPS) is 18.1. The fourth-order valence-electron chi connectivity index (χ4n) is 3.81. The fourth-order valence-corrected chi connectivity index (χ4v) is 4.95. The number of carbonyl (C=O) groups excluding carboxylic acids is 1. The third-order valence-corrected chi connectivity index (χ3v) is 6.47. The molecule has 0 bridgehead atoms. The van der Waals surface area contributed by atoms with Crippen molar-refractivity contribution in [1.82, 2.24) is 19.7 Å². The first-order valence-electron chi connectivity index (χ1n) is 9.42. The van der Waals surface area contributed by atoms with Gasteiger partial charge >= 0.3 is 0 Å². The molecule has 142 valence electrons. The van der Waals surface area contributed by atoms with Crippen LogP contribution in [0.25, 0.3) is 10.2 Å². The highest BCUT2D eigenvalue weighted by Crippen LogP contribution is 2.35. The average molecular weight is 384 g/mol. The lowest BCUT2D eigenvalue weighted by molar-refractivity contribution is -0.118. The number of aromatic nitrogens is 3. The van der Waals surface area contributed by atoms with E-state index < -0.39 is 0 Å². The summed E-state index contributed by atoms with van der Waals surface area (Å²) in [7, 11) is 1.89. The number of rotatable bonds is 4. The molecule has 27 heavy (non-hydrogen) atoms. The number of benzene rings is 1. The highest BCUT2D eigenvalue weighted by Gasteiger charge is 2.28. The number of nitrogens with zero attached hydrogens (tertiary/aromatic N) is 4. The maximum atomic E-state index is 12.7. The lowest BCUT2D eigenvalue weighted by Gasteiger charge is -2.33. The van der Waals surface area contributed by atoms with Crippen LogP contribution in [0.3, 0.4) is 0 Å². The largest absolute Gasteiger partial charge is 0.322 e. The number of aryl methyl sites for hydroxylation is 2. The molecule has 1 aliphatic rings. The van der Waals surface area contributed by atoms with Crippen LogP contribution in [0.5, 0.6) is 0 Å². The van der Waals surface area contributed by atoms with Gasteiger partial charge < -0.3 is 5.32 Å². The van der Waals surface area contributed by atoms with Crippen LogP contribution in [0.2, 0.25) is 0 Å². The van der Waals surface area contributed by atoms with Gasteiger partial charge in [0.25, 0.3) is 0 Å². The van der Waals surface area contributed by atoms with Gasteiger partial charge in [-0.15, -0.1) is 11.3 Å². The van der Waals surface area contributed by atoms with Gasteiger partial charge in [-0.2, -0.15) is 5.10 Å². The van der Waals surface area contributed by atoms with Gasteiger partial charge in [0.15, 0.2) is 0 Å². The highest BCUT2D eigenvalue weighted by molar-refractivity contribution is 7.18. The van der Waals surface area contributed by atoms with E-state index in [4.69, 9.17) is 4.98 Å². The van der Waals surface area contributed by atoms with Crippen LogP contribution in [0.4, 0.5) is 5.69 Å². The number of anilines is 1. The number of amides is 1. The van der Waals surface area contributed by atoms with E-state index in [0.717, 1.165) is 47.0 Å². The van der Waals surface area contributed by atoms with Crippen molar-refractivity contribution in [3.8, 4) is 0 Å². The molecule has 0 aliphatic carbocycles. The fraction of sp³-hybridized carbons (Fsp3) is 0.450. The Morgan fingerprint density at radius 2 is 2.11 bits per heavy atom. The molecule has 1 N–H and O–H groups in total. The number of para-hydroxylation sites is 1. The van der Waals surface area contributed by atoms with Gasteiger partial charge in [0.05, 0.1) is 39.9 Å². The van der Waals surface area contributed by atoms with Crippen molar-refractivity contribution in [2.24, 2.45) is 7.05 Å². The van der Waals surface area contributed by atoms with E-state index in [9.17, 15) is 4.79 Å². The maximum absolute atomic E-state index is 12.7. The molecule has 1 aliphatic heterocycles. The first-order chi connectivity index (χ1) is 13.0. The third-order valence-electron chi connectivity index (χ3n) is 5.33. The molecule has 4 rings (SSSR count). The minimum Gasteiger partial charge on any atom is -0.322 e. The summed E-state index contributed by atoms with van der Waals surface area (Å²) in [5.74, 6) is 0.0159. The molecule has 1 aromatic carbocycles. The van der Waals surface area contributed by atoms with Crippen LogP contribution in [0.1, 0.15) is 41.7 Å². The molecule has 1 atom stereocenters. The van der Waals surface area contributed by atoms with Gasteiger partial charge in [0.1, 0.15) is 5.01 Å². The minimum absolute atomic E-state index is 0.0159. The molecule has 3 aromatic rings. The second-order valence-corrected chi connectivity index (χ2v) is 8.28. The zero-order valence-electron chi connectivity index (χ0n) is 16.0. The number of thiazole rings is 1. The first kappa shape index (κ1) is 18.1. The molecule has 0 radical (unpaired) electrons. The summed E-state index contributed by atoms with van der Waals surface area (Å²) < 4.78 is 3.01. The van der Waals surface area contributed by atoms with Gasteiger partial charge in [-0.3, -0.25) is 14.4 Å². The van der Waals surface area contributed by atoms with Crippen LogP contribution < -0.4 is 5.32 Å². The molecule has 1 saturated heterocycles. The Bertz CT molecular complexity index is 943. The van der Waals surface area contributed by atoms with Gasteiger partial charge in [-0.25, -0.2) is 4.98 Å². The monoisotopic (exact) mass is 383 g/mol. The zero-order valence-corrected chi connectivity index (χ0v) is 16.8. The van der Waals surface area contributed by atoms with E-state index in [0.29, 0.717) is 6.54 Å². The molecular weight excluding hydrogens is 358 g/mol. The van der Waals surface area contributed by atoms with Gasteiger partial charge in [-0.05, 0) is 45.4 Å². The quantitative estimate of drug-likeness (QED) is 0.744. The van der Waals surface area contributed by atoms with Gasteiger partial charge in [-0.1, -0.05) is 18.6 Å². The topological polar surface area (TPSA) is 63.1 Å². The Labute approximate surface area is 163 Å². The van der Waals surface area contributed by atoms with Crippen LogP contribution >= 0.6 is 11.3 Å². The highest BCUT2D eigenvalue weighted by atomic mass is 32.1. The van der Waals surface area contributed by atoms with E-state index in [1.54, 1.807) is 16.0 Å². The van der Waals surface area contributed by atoms with Crippen molar-refractivity contribution in [1.29, 1.82) is 0 Å². The van der Waals surface area contributed by atoms with Crippen molar-refractivity contribution >= 4 is 33.1 Å². The summed E-state index contributed by atoms with van der Waals surface area (Å²) in [6, 6.07) is 8.47. The predicted molar refractivity (Wildman–Crippen MR) is 109 cm³/mol. The summed E-state index contributed by atoms with van der Waals surface area (Å²) in [6.45, 7) is 5.21. The number of piperidine rings is 1. The van der Waals surface area contributed by atoms with Crippen LogP contribution in [-0.2, 0) is 11.8 Å². The first-order valence-corrected chi connectivity index (χ1v) is 10.2. The number of nitrogens with one attached hydrogen (secondary N) is 1. The smallest absolute Gasteiger partial charge is 0.238 e. The number of fused-ring (bicyclic) bond motifs is 1. The SMILES string of the molecule is Cc1nn(C)c(C)c1NC(=O)CN1CCCCC1c1nc2ccccc2s1. The summed E-state index contributed by atoms with van der Waals surface area (Å²) >= 11 is 1.75. The number of hydrogen-bond donors (Lipinski definition) is 1. The van der Waals surface area contributed by atoms with E-state index in [-0.39, 0.29) is 11.9 Å². The zero-order chi connectivity index (χ0) is 19.0. The summed E-state index contributed by atoms with van der Waals surface area (Å²) in [5.41, 5.74) is 3.71. The molecule has 6 nitrogen and oxygen atoms in total. The Kier molecular flexibility index (Phi) is 4.97. The molecular formula is C20H25N5OS. The Morgan fingerprint density at radius 1 is 1.30 bits per heavy atom. The number of likely N-dealkylation sites (tertiary alicyclic amines) is 1. The van der Waals surface area contributed by atoms with Gasteiger partial charge in [0.2, 0.25) is 5.91 Å². The third kappa shape index (κ3) is 3.61. The molecule has 2 aromatic heterocycles. The summed E-state index contributed by atoms with van der Waals surface area (Å²) in [4.78, 5) is 19.9. The average Bonchev–Trinajstić information content (AvgIpc) is 3.18. The Balaban J connectivity index is 1.51. The van der Waals surface area contributed by atoms with Crippen molar-refractivity contribution in [3.05, 3.63) is 40.7 Å². The molecule has 0 saturated carbocycles. The Hall–Kier alpha value is -2.25. The van der Waals surface area contributed by atoms with Crippen molar-refractivity contribution in [3.63, 3.8) is 0 Å². The van der Waals surface area contributed by atoms with Crippen molar-refractivity contribution in [2.75, 3.05) is 18.4 Å². The minimum atomic E-state index is 0.0159. The maximum Gasteiger partial charge on any atom is 0.238 e. The van der Waals surface area contributed by atoms with Crippen molar-refractivity contribution in [2.45, 2.75) is 39.2 Å². The molecule has 3 heterocycles. The molecule has 1 unspecified atom stereocenters.